The summed E-state index contributed by atoms with van der Waals surface area (Å²) >= 11 is 0. The lowest BCUT2D eigenvalue weighted by Crippen LogP contribution is -2.60. The van der Waals surface area contributed by atoms with Gasteiger partial charge in [-0.25, -0.2) is 0 Å². The third-order valence-electron chi connectivity index (χ3n) is 13.7. The predicted molar refractivity (Wildman–Crippen MR) is 137 cm³/mol. The van der Waals surface area contributed by atoms with Crippen molar-refractivity contribution in [2.45, 2.75) is 117 Å². The summed E-state index contributed by atoms with van der Waals surface area (Å²) in [6.07, 6.45) is 7.38. The van der Waals surface area contributed by atoms with Crippen LogP contribution < -0.4 is 0 Å². The Hall–Kier alpha value is -0.690. The highest BCUT2D eigenvalue weighted by Gasteiger charge is 2.84. The van der Waals surface area contributed by atoms with Crippen molar-refractivity contribution >= 4 is 5.97 Å². The van der Waals surface area contributed by atoms with Gasteiger partial charge < -0.3 is 25.5 Å². The van der Waals surface area contributed by atoms with Gasteiger partial charge in [0.25, 0.3) is 0 Å². The normalized spacial score (nSPS) is 51.9. The molecule has 5 fully saturated rings. The average molecular weight is 507 g/mol. The van der Waals surface area contributed by atoms with Gasteiger partial charge >= 0.3 is 5.97 Å². The first kappa shape index (κ1) is 26.9. The molecule has 0 amide bonds. The van der Waals surface area contributed by atoms with E-state index in [0.717, 1.165) is 38.5 Å². The summed E-state index contributed by atoms with van der Waals surface area (Å²) in [6, 6.07) is 0. The third kappa shape index (κ3) is 3.20. The Bertz CT molecular complexity index is 891. The van der Waals surface area contributed by atoms with E-state index in [-0.39, 0.29) is 46.5 Å². The van der Waals surface area contributed by atoms with Crippen LogP contribution in [0.1, 0.15) is 98.8 Å². The quantitative estimate of drug-likeness (QED) is 0.353. The highest BCUT2D eigenvalue weighted by atomic mass is 16.4. The molecule has 5 saturated carbocycles. The fourth-order valence-electron chi connectivity index (χ4n) is 11.3. The lowest BCUT2D eigenvalue weighted by molar-refractivity contribution is -0.187. The molecule has 36 heavy (non-hydrogen) atoms. The van der Waals surface area contributed by atoms with E-state index in [1.807, 2.05) is 13.8 Å². The summed E-state index contributed by atoms with van der Waals surface area (Å²) in [5.74, 6) is -0.248. The second kappa shape index (κ2) is 8.40. The molecule has 6 nitrogen and oxygen atoms in total. The standard InChI is InChI=1S/C30H50O6/c1-17(2)29(36,16-31)11-8-18(3)19-9-10-27(5)22-7-6-20-24(25(34)35)21(32)14-23(33)30(20)15-28(22,30)13-12-26(19,27)4/h17-24,31-33,36H,6-16H2,1-5H3,(H,34,35). The first-order valence-corrected chi connectivity index (χ1v) is 14.7. The van der Waals surface area contributed by atoms with Crippen molar-refractivity contribution in [1.82, 2.24) is 0 Å². The van der Waals surface area contributed by atoms with Crippen molar-refractivity contribution in [3.63, 3.8) is 0 Å². The SMILES string of the molecule is CC(CCC(O)(CO)C(C)C)C1CCC2(C)C3CCC4C(C(=O)O)C(O)CC(O)C45CC35CCC12C. The largest absolute Gasteiger partial charge is 0.481 e. The van der Waals surface area contributed by atoms with E-state index in [0.29, 0.717) is 24.2 Å². The number of fused-ring (bicyclic) bond motifs is 2. The number of hydrogen-bond donors (Lipinski definition) is 5. The molecule has 0 aromatic carbocycles. The van der Waals surface area contributed by atoms with Crippen LogP contribution >= 0.6 is 0 Å². The molecule has 5 aliphatic rings. The molecule has 12 atom stereocenters. The minimum Gasteiger partial charge on any atom is -0.481 e. The Morgan fingerprint density at radius 3 is 2.33 bits per heavy atom. The maximum absolute atomic E-state index is 12.2. The summed E-state index contributed by atoms with van der Waals surface area (Å²) in [5.41, 5.74) is -1.00. The number of rotatable bonds is 7. The lowest BCUT2D eigenvalue weighted by atomic mass is 9.42. The molecule has 0 aromatic heterocycles. The van der Waals surface area contributed by atoms with Gasteiger partial charge in [-0.3, -0.25) is 4.79 Å². The molecule has 0 radical (unpaired) electrons. The van der Waals surface area contributed by atoms with Gasteiger partial charge in [0.2, 0.25) is 0 Å². The Balaban J connectivity index is 1.39. The molecule has 0 aliphatic heterocycles. The van der Waals surface area contributed by atoms with Crippen LogP contribution in [-0.2, 0) is 4.79 Å². The molecule has 0 aromatic rings. The fraction of sp³-hybridized carbons (Fsp3) is 0.967. The molecule has 5 rings (SSSR count). The molecule has 0 saturated heterocycles. The molecular formula is C30H50O6. The van der Waals surface area contributed by atoms with Gasteiger partial charge in [0, 0.05) is 11.8 Å². The Labute approximate surface area is 216 Å². The molecule has 206 valence electrons. The Morgan fingerprint density at radius 2 is 1.72 bits per heavy atom. The molecule has 6 heteroatoms. The zero-order chi connectivity index (χ0) is 26.5. The number of hydrogen-bond acceptors (Lipinski definition) is 5. The number of carbonyl (C=O) groups is 1. The molecule has 12 unspecified atom stereocenters. The molecule has 0 heterocycles. The van der Waals surface area contributed by atoms with E-state index in [1.165, 1.54) is 12.8 Å². The first-order valence-electron chi connectivity index (χ1n) is 14.7. The van der Waals surface area contributed by atoms with E-state index in [1.54, 1.807) is 0 Å². The van der Waals surface area contributed by atoms with Crippen molar-refractivity contribution in [3.8, 4) is 0 Å². The van der Waals surface area contributed by atoms with Crippen molar-refractivity contribution in [2.75, 3.05) is 6.61 Å². The summed E-state index contributed by atoms with van der Waals surface area (Å²) in [7, 11) is 0. The fourth-order valence-corrected chi connectivity index (χ4v) is 11.3. The van der Waals surface area contributed by atoms with Gasteiger partial charge in [-0.1, -0.05) is 34.6 Å². The Morgan fingerprint density at radius 1 is 1.03 bits per heavy atom. The second-order valence-corrected chi connectivity index (χ2v) is 14.7. The summed E-state index contributed by atoms with van der Waals surface area (Å²) in [5, 5.41) is 52.7. The van der Waals surface area contributed by atoms with E-state index in [9.17, 15) is 30.3 Å². The van der Waals surface area contributed by atoms with E-state index in [2.05, 4.69) is 20.8 Å². The topological polar surface area (TPSA) is 118 Å². The molecule has 0 bridgehead atoms. The molecule has 5 aliphatic carbocycles. The van der Waals surface area contributed by atoms with Gasteiger partial charge in [0.15, 0.2) is 0 Å². The number of aliphatic hydroxyl groups is 4. The van der Waals surface area contributed by atoms with Crippen LogP contribution in [0.5, 0.6) is 0 Å². The van der Waals surface area contributed by atoms with E-state index in [4.69, 9.17) is 0 Å². The lowest BCUT2D eigenvalue weighted by Gasteiger charge is -2.62. The van der Waals surface area contributed by atoms with Gasteiger partial charge in [-0.15, -0.1) is 0 Å². The van der Waals surface area contributed by atoms with Crippen LogP contribution in [-0.4, -0.2) is 55.9 Å². The third-order valence-corrected chi connectivity index (χ3v) is 13.7. The van der Waals surface area contributed by atoms with Crippen molar-refractivity contribution in [3.05, 3.63) is 0 Å². The number of carboxylic acids is 1. The van der Waals surface area contributed by atoms with E-state index >= 15 is 0 Å². The smallest absolute Gasteiger partial charge is 0.309 e. The minimum atomic E-state index is -1.02. The van der Waals surface area contributed by atoms with Crippen molar-refractivity contribution < 1.29 is 30.3 Å². The monoisotopic (exact) mass is 506 g/mol. The van der Waals surface area contributed by atoms with Crippen molar-refractivity contribution in [2.24, 2.45) is 57.2 Å². The second-order valence-electron chi connectivity index (χ2n) is 14.7. The van der Waals surface area contributed by atoms with Crippen LogP contribution in [0.4, 0.5) is 0 Å². The minimum absolute atomic E-state index is 0.0182. The van der Waals surface area contributed by atoms with Crippen molar-refractivity contribution in [1.29, 1.82) is 0 Å². The van der Waals surface area contributed by atoms with Crippen LogP contribution in [0.25, 0.3) is 0 Å². The van der Waals surface area contributed by atoms with E-state index < -0.39 is 29.7 Å². The highest BCUT2D eigenvalue weighted by Crippen LogP contribution is 2.88. The van der Waals surface area contributed by atoms with Gasteiger partial charge in [-0.05, 0) is 104 Å². The van der Waals surface area contributed by atoms with Crippen LogP contribution in [0, 0.1) is 57.2 Å². The number of aliphatic hydroxyl groups excluding tert-OH is 3. The van der Waals surface area contributed by atoms with Gasteiger partial charge in [-0.2, -0.15) is 0 Å². The summed E-state index contributed by atoms with van der Waals surface area (Å²) < 4.78 is 0. The zero-order valence-electron chi connectivity index (χ0n) is 23.0. The van der Waals surface area contributed by atoms with Crippen LogP contribution in [0.3, 0.4) is 0 Å². The zero-order valence-corrected chi connectivity index (χ0v) is 23.0. The summed E-state index contributed by atoms with van der Waals surface area (Å²) in [6.45, 7) is 11.1. The molecule has 5 N–H and O–H groups in total. The van der Waals surface area contributed by atoms with Crippen LogP contribution in [0.2, 0.25) is 0 Å². The molecule has 2 spiro atoms. The number of carboxylic acid groups (broad SMARTS) is 1. The maximum Gasteiger partial charge on any atom is 0.309 e. The van der Waals surface area contributed by atoms with Gasteiger partial charge in [0.1, 0.15) is 0 Å². The van der Waals surface area contributed by atoms with Gasteiger partial charge in [0.05, 0.1) is 30.3 Å². The maximum atomic E-state index is 12.2. The first-order chi connectivity index (χ1) is 16.7. The average Bonchev–Trinajstić information content (AvgIpc) is 3.42. The highest BCUT2D eigenvalue weighted by molar-refractivity contribution is 5.72. The summed E-state index contributed by atoms with van der Waals surface area (Å²) in [4.78, 5) is 12.2. The number of aliphatic carboxylic acids is 1. The Kier molecular flexibility index (Phi) is 6.28. The molecular weight excluding hydrogens is 456 g/mol. The van der Waals surface area contributed by atoms with Crippen LogP contribution in [0.15, 0.2) is 0 Å². The predicted octanol–water partition coefficient (Wildman–Crippen LogP) is 4.23.